The van der Waals surface area contributed by atoms with Crippen molar-refractivity contribution in [1.82, 2.24) is 0 Å². The second-order valence-corrected chi connectivity index (χ2v) is 9.33. The fourth-order valence-corrected chi connectivity index (χ4v) is 5.78. The maximum absolute atomic E-state index is 6.57. The van der Waals surface area contributed by atoms with Gasteiger partial charge in [-0.15, -0.1) is 0 Å². The van der Waals surface area contributed by atoms with Gasteiger partial charge in [-0.2, -0.15) is 0 Å². The molecule has 0 amide bonds. The van der Waals surface area contributed by atoms with Crippen molar-refractivity contribution in [3.8, 4) is 0 Å². The molecule has 0 saturated heterocycles. The second-order valence-electron chi connectivity index (χ2n) is 6.98. The first-order valence-corrected chi connectivity index (χ1v) is 11.9. The van der Waals surface area contributed by atoms with Crippen LogP contribution in [0.15, 0.2) is 108 Å². The quantitative estimate of drug-likeness (QED) is 0.262. The van der Waals surface area contributed by atoms with Crippen molar-refractivity contribution in [2.24, 2.45) is 0 Å². The van der Waals surface area contributed by atoms with Crippen molar-refractivity contribution >= 4 is 64.2 Å². The Hall–Kier alpha value is -2.97. The molecule has 4 aromatic carbocycles. The summed E-state index contributed by atoms with van der Waals surface area (Å²) in [6.07, 6.45) is 0. The van der Waals surface area contributed by atoms with E-state index in [-0.39, 0.29) is 0 Å². The van der Waals surface area contributed by atoms with Gasteiger partial charge in [0.1, 0.15) is 0 Å². The van der Waals surface area contributed by atoms with Crippen molar-refractivity contribution in [2.75, 3.05) is 10.2 Å². The summed E-state index contributed by atoms with van der Waals surface area (Å²) in [5.41, 5.74) is 5.35. The van der Waals surface area contributed by atoms with Gasteiger partial charge in [-0.3, -0.25) is 0 Å². The normalized spacial score (nSPS) is 10.8. The van der Waals surface area contributed by atoms with Gasteiger partial charge in [0.2, 0.25) is 0 Å². The van der Waals surface area contributed by atoms with Gasteiger partial charge in [0.05, 0.1) is 0 Å². The molecule has 0 fully saturated rings. The van der Waals surface area contributed by atoms with E-state index in [4.69, 9.17) is 11.6 Å². The summed E-state index contributed by atoms with van der Waals surface area (Å²) in [5.74, 6) is 0. The maximum atomic E-state index is 6.57. The Morgan fingerprint density at radius 3 is 2.17 bits per heavy atom. The Morgan fingerprint density at radius 1 is 0.667 bits per heavy atom. The SMILES string of the molecule is Clc1cc(Nc2ccccc2)cc(N(c2ccccc2)c2c[se]c3ccccc23)c1. The molecule has 0 atom stereocenters. The van der Waals surface area contributed by atoms with Gasteiger partial charge in [0, 0.05) is 0 Å². The van der Waals surface area contributed by atoms with E-state index in [9.17, 15) is 0 Å². The zero-order valence-corrected chi connectivity index (χ0v) is 18.6. The van der Waals surface area contributed by atoms with E-state index >= 15 is 0 Å². The van der Waals surface area contributed by atoms with E-state index in [0.29, 0.717) is 19.5 Å². The van der Waals surface area contributed by atoms with Crippen LogP contribution in [0, 0.1) is 0 Å². The third kappa shape index (κ3) is 3.88. The Balaban J connectivity index is 1.65. The summed E-state index contributed by atoms with van der Waals surface area (Å²) in [5, 5.41) is 5.46. The minimum absolute atomic E-state index is 0.322. The number of halogens is 1. The zero-order chi connectivity index (χ0) is 20.3. The summed E-state index contributed by atoms with van der Waals surface area (Å²) in [4.78, 5) is 4.66. The summed E-state index contributed by atoms with van der Waals surface area (Å²) in [6.45, 7) is 0. The Kier molecular flexibility index (Phi) is 5.33. The van der Waals surface area contributed by atoms with E-state index in [1.54, 1.807) is 0 Å². The van der Waals surface area contributed by atoms with Gasteiger partial charge in [-0.05, 0) is 0 Å². The van der Waals surface area contributed by atoms with E-state index in [0.717, 1.165) is 22.7 Å². The summed E-state index contributed by atoms with van der Waals surface area (Å²) < 4.78 is 1.41. The third-order valence-corrected chi connectivity index (χ3v) is 7.13. The number of para-hydroxylation sites is 2. The number of anilines is 5. The van der Waals surface area contributed by atoms with Crippen molar-refractivity contribution in [3.05, 3.63) is 113 Å². The molecule has 1 aromatic heterocycles. The number of benzene rings is 4. The first-order valence-electron chi connectivity index (χ1n) is 9.72. The van der Waals surface area contributed by atoms with Gasteiger partial charge in [-0.25, -0.2) is 0 Å². The molecule has 4 heteroatoms. The van der Waals surface area contributed by atoms with Crippen LogP contribution in [0.3, 0.4) is 0 Å². The summed E-state index contributed by atoms with van der Waals surface area (Å²) in [7, 11) is 0. The Morgan fingerprint density at radius 2 is 1.37 bits per heavy atom. The molecule has 0 aliphatic carbocycles. The molecule has 146 valence electrons. The van der Waals surface area contributed by atoms with E-state index in [1.165, 1.54) is 15.3 Å². The van der Waals surface area contributed by atoms with Crippen LogP contribution in [0.5, 0.6) is 0 Å². The number of hydrogen-bond acceptors (Lipinski definition) is 2. The number of fused-ring (bicyclic) bond motifs is 1. The molecule has 1 N–H and O–H groups in total. The molecule has 0 spiro atoms. The molecule has 2 nitrogen and oxygen atoms in total. The molecule has 5 rings (SSSR count). The monoisotopic (exact) mass is 474 g/mol. The van der Waals surface area contributed by atoms with Crippen LogP contribution in [0.1, 0.15) is 0 Å². The third-order valence-electron chi connectivity index (χ3n) is 4.92. The fourth-order valence-electron chi connectivity index (χ4n) is 3.60. The molecule has 1 heterocycles. The van der Waals surface area contributed by atoms with Crippen molar-refractivity contribution < 1.29 is 0 Å². The number of nitrogens with one attached hydrogen (secondary N) is 1. The Labute approximate surface area is 187 Å². The molecule has 0 aliphatic rings. The predicted octanol–water partition coefficient (Wildman–Crippen LogP) is 7.76. The van der Waals surface area contributed by atoms with Gasteiger partial charge < -0.3 is 0 Å². The first kappa shape index (κ1) is 19.0. The standard InChI is InChI=1S/C26H19ClN2Se/c27-19-15-21(28-20-9-3-1-4-10-20)17-23(16-19)29(22-11-5-2-6-12-22)25-18-30-26-14-8-7-13-24(25)26/h1-18,28H. The number of rotatable bonds is 5. The van der Waals surface area contributed by atoms with Crippen LogP contribution >= 0.6 is 11.6 Å². The van der Waals surface area contributed by atoms with Crippen molar-refractivity contribution in [1.29, 1.82) is 0 Å². The molecule has 0 saturated carbocycles. The van der Waals surface area contributed by atoms with Gasteiger partial charge in [0.15, 0.2) is 0 Å². The molecule has 5 aromatic rings. The van der Waals surface area contributed by atoms with Crippen molar-refractivity contribution in [2.45, 2.75) is 0 Å². The summed E-state index contributed by atoms with van der Waals surface area (Å²) >= 11 is 6.89. The fraction of sp³-hybridized carbons (Fsp3) is 0. The Bertz CT molecular complexity index is 1280. The van der Waals surface area contributed by atoms with Crippen LogP contribution in [0.4, 0.5) is 28.4 Å². The summed E-state index contributed by atoms with van der Waals surface area (Å²) in [6, 6.07) is 35.4. The van der Waals surface area contributed by atoms with Crippen LogP contribution in [0.2, 0.25) is 5.02 Å². The second kappa shape index (κ2) is 8.41. The number of nitrogens with zero attached hydrogens (tertiary/aromatic N) is 1. The molecular weight excluding hydrogens is 455 g/mol. The molecular formula is C26H19ClN2Se. The van der Waals surface area contributed by atoms with Gasteiger partial charge in [0.25, 0.3) is 0 Å². The van der Waals surface area contributed by atoms with Crippen molar-refractivity contribution in [3.63, 3.8) is 0 Å². The topological polar surface area (TPSA) is 15.3 Å². The van der Waals surface area contributed by atoms with E-state index in [2.05, 4.69) is 69.8 Å². The van der Waals surface area contributed by atoms with Crippen LogP contribution < -0.4 is 10.2 Å². The van der Waals surface area contributed by atoms with Gasteiger partial charge >= 0.3 is 187 Å². The molecule has 30 heavy (non-hydrogen) atoms. The van der Waals surface area contributed by atoms with Crippen LogP contribution in [-0.4, -0.2) is 14.5 Å². The number of hydrogen-bond donors (Lipinski definition) is 1. The average Bonchev–Trinajstić information content (AvgIpc) is 3.19. The molecule has 0 bridgehead atoms. The molecule has 0 unspecified atom stereocenters. The zero-order valence-electron chi connectivity index (χ0n) is 16.1. The molecule has 0 radical (unpaired) electrons. The average molecular weight is 474 g/mol. The van der Waals surface area contributed by atoms with E-state index < -0.39 is 0 Å². The van der Waals surface area contributed by atoms with Crippen LogP contribution in [0.25, 0.3) is 9.65 Å². The predicted molar refractivity (Wildman–Crippen MR) is 130 cm³/mol. The van der Waals surface area contributed by atoms with Crippen LogP contribution in [-0.2, 0) is 0 Å². The van der Waals surface area contributed by atoms with E-state index in [1.807, 2.05) is 48.5 Å². The molecule has 0 aliphatic heterocycles. The van der Waals surface area contributed by atoms with Gasteiger partial charge in [-0.1, -0.05) is 0 Å². The first-order chi connectivity index (χ1) is 14.8. The minimum atomic E-state index is 0.322.